The van der Waals surface area contributed by atoms with Crippen molar-refractivity contribution in [1.29, 1.82) is 0 Å². The van der Waals surface area contributed by atoms with E-state index in [2.05, 4.69) is 50.1 Å². The average Bonchev–Trinajstić information content (AvgIpc) is 2.37. The second-order valence-electron chi connectivity index (χ2n) is 5.55. The normalized spacial score (nSPS) is 12.1. The number of aromatic nitrogens is 1. The minimum atomic E-state index is 0.275. The Bertz CT molecular complexity index is 313. The SMILES string of the molecule is CCCC(CCC)(CNC(C)C)c1ccncc1. The van der Waals surface area contributed by atoms with Crippen molar-refractivity contribution in [3.05, 3.63) is 30.1 Å². The van der Waals surface area contributed by atoms with Gasteiger partial charge in [-0.15, -0.1) is 0 Å². The van der Waals surface area contributed by atoms with Crippen LogP contribution in [0.1, 0.15) is 58.9 Å². The van der Waals surface area contributed by atoms with E-state index < -0.39 is 0 Å². The van der Waals surface area contributed by atoms with Crippen LogP contribution in [0.3, 0.4) is 0 Å². The molecule has 1 heterocycles. The first-order chi connectivity index (χ1) is 8.64. The predicted octanol–water partition coefficient (Wildman–Crippen LogP) is 3.92. The van der Waals surface area contributed by atoms with Crippen molar-refractivity contribution in [1.82, 2.24) is 10.3 Å². The highest BCUT2D eigenvalue weighted by molar-refractivity contribution is 5.23. The molecule has 1 N–H and O–H groups in total. The van der Waals surface area contributed by atoms with Crippen LogP contribution in [-0.4, -0.2) is 17.6 Å². The molecule has 0 spiro atoms. The molecule has 2 nitrogen and oxygen atoms in total. The van der Waals surface area contributed by atoms with Gasteiger partial charge >= 0.3 is 0 Å². The Morgan fingerprint density at radius 2 is 1.67 bits per heavy atom. The molecule has 0 saturated carbocycles. The molecule has 2 heteroatoms. The third kappa shape index (κ3) is 4.09. The summed E-state index contributed by atoms with van der Waals surface area (Å²) in [6.07, 6.45) is 8.77. The molecule has 0 radical (unpaired) electrons. The second kappa shape index (κ2) is 7.52. The minimum Gasteiger partial charge on any atom is -0.314 e. The standard InChI is InChI=1S/C16H28N2/c1-5-9-16(10-6-2,13-18-14(3)4)15-7-11-17-12-8-15/h7-8,11-12,14,18H,5-6,9-10,13H2,1-4H3. The van der Waals surface area contributed by atoms with Crippen LogP contribution < -0.4 is 5.32 Å². The van der Waals surface area contributed by atoms with Gasteiger partial charge in [-0.3, -0.25) is 4.98 Å². The van der Waals surface area contributed by atoms with E-state index in [1.165, 1.54) is 31.2 Å². The molecule has 0 atom stereocenters. The molecule has 0 bridgehead atoms. The van der Waals surface area contributed by atoms with Crippen molar-refractivity contribution in [2.24, 2.45) is 0 Å². The lowest BCUT2D eigenvalue weighted by Gasteiger charge is -2.35. The quantitative estimate of drug-likeness (QED) is 0.754. The van der Waals surface area contributed by atoms with E-state index in [4.69, 9.17) is 0 Å². The fraction of sp³-hybridized carbons (Fsp3) is 0.688. The zero-order valence-electron chi connectivity index (χ0n) is 12.4. The highest BCUT2D eigenvalue weighted by Crippen LogP contribution is 2.33. The molecule has 0 fully saturated rings. The van der Waals surface area contributed by atoms with E-state index in [1.54, 1.807) is 0 Å². The first-order valence-corrected chi connectivity index (χ1v) is 7.28. The molecular weight excluding hydrogens is 220 g/mol. The van der Waals surface area contributed by atoms with Gasteiger partial charge in [-0.05, 0) is 30.5 Å². The Morgan fingerprint density at radius 1 is 1.11 bits per heavy atom. The lowest BCUT2D eigenvalue weighted by Crippen LogP contribution is -2.41. The molecule has 0 saturated heterocycles. The van der Waals surface area contributed by atoms with Gasteiger partial charge in [0.1, 0.15) is 0 Å². The Kier molecular flexibility index (Phi) is 6.34. The van der Waals surface area contributed by atoms with Crippen LogP contribution >= 0.6 is 0 Å². The first-order valence-electron chi connectivity index (χ1n) is 7.28. The molecule has 0 aliphatic carbocycles. The third-order valence-corrected chi connectivity index (χ3v) is 3.60. The maximum Gasteiger partial charge on any atom is 0.0270 e. The molecule has 1 aromatic heterocycles. The Hall–Kier alpha value is -0.890. The van der Waals surface area contributed by atoms with Gasteiger partial charge in [0.25, 0.3) is 0 Å². The molecule has 0 amide bonds. The summed E-state index contributed by atoms with van der Waals surface area (Å²) < 4.78 is 0. The van der Waals surface area contributed by atoms with E-state index in [0.717, 1.165) is 6.54 Å². The zero-order chi connectivity index (χ0) is 13.4. The van der Waals surface area contributed by atoms with Gasteiger partial charge in [0.15, 0.2) is 0 Å². The van der Waals surface area contributed by atoms with Crippen LogP contribution in [0.2, 0.25) is 0 Å². The van der Waals surface area contributed by atoms with E-state index in [1.807, 2.05) is 12.4 Å². The molecule has 18 heavy (non-hydrogen) atoms. The number of pyridine rings is 1. The topological polar surface area (TPSA) is 24.9 Å². The number of nitrogens with one attached hydrogen (secondary N) is 1. The van der Waals surface area contributed by atoms with E-state index in [9.17, 15) is 0 Å². The number of rotatable bonds is 8. The summed E-state index contributed by atoms with van der Waals surface area (Å²) in [7, 11) is 0. The maximum absolute atomic E-state index is 4.15. The fourth-order valence-corrected chi connectivity index (χ4v) is 2.75. The summed E-state index contributed by atoms with van der Waals surface area (Å²) in [5, 5.41) is 3.63. The lowest BCUT2D eigenvalue weighted by molar-refractivity contribution is 0.324. The van der Waals surface area contributed by atoms with Gasteiger partial charge < -0.3 is 5.32 Å². The largest absolute Gasteiger partial charge is 0.314 e. The second-order valence-corrected chi connectivity index (χ2v) is 5.55. The van der Waals surface area contributed by atoms with Crippen molar-refractivity contribution in [2.45, 2.75) is 64.8 Å². The summed E-state index contributed by atoms with van der Waals surface area (Å²) in [5.74, 6) is 0. The molecule has 102 valence electrons. The number of nitrogens with zero attached hydrogens (tertiary/aromatic N) is 1. The van der Waals surface area contributed by atoms with Crippen LogP contribution in [-0.2, 0) is 5.41 Å². The van der Waals surface area contributed by atoms with Gasteiger partial charge in [0.2, 0.25) is 0 Å². The first kappa shape index (κ1) is 15.2. The van der Waals surface area contributed by atoms with Gasteiger partial charge in [0, 0.05) is 30.4 Å². The predicted molar refractivity (Wildman–Crippen MR) is 78.9 cm³/mol. The molecule has 0 aliphatic heterocycles. The van der Waals surface area contributed by atoms with E-state index >= 15 is 0 Å². The average molecular weight is 248 g/mol. The zero-order valence-corrected chi connectivity index (χ0v) is 12.4. The molecule has 1 aromatic rings. The van der Waals surface area contributed by atoms with Crippen molar-refractivity contribution in [2.75, 3.05) is 6.54 Å². The van der Waals surface area contributed by atoms with Gasteiger partial charge in [-0.25, -0.2) is 0 Å². The summed E-state index contributed by atoms with van der Waals surface area (Å²) in [5.41, 5.74) is 1.71. The van der Waals surface area contributed by atoms with Crippen LogP contribution in [0, 0.1) is 0 Å². The summed E-state index contributed by atoms with van der Waals surface area (Å²) in [4.78, 5) is 4.15. The summed E-state index contributed by atoms with van der Waals surface area (Å²) >= 11 is 0. The molecule has 0 unspecified atom stereocenters. The molecular formula is C16H28N2. The molecule has 1 rings (SSSR count). The van der Waals surface area contributed by atoms with Crippen LogP contribution in [0.4, 0.5) is 0 Å². The van der Waals surface area contributed by atoms with Gasteiger partial charge in [-0.2, -0.15) is 0 Å². The highest BCUT2D eigenvalue weighted by Gasteiger charge is 2.30. The summed E-state index contributed by atoms with van der Waals surface area (Å²) in [6, 6.07) is 4.92. The molecule has 0 aliphatic rings. The van der Waals surface area contributed by atoms with E-state index in [0.29, 0.717) is 6.04 Å². The Morgan fingerprint density at radius 3 is 2.11 bits per heavy atom. The van der Waals surface area contributed by atoms with Gasteiger partial charge in [-0.1, -0.05) is 40.5 Å². The monoisotopic (exact) mass is 248 g/mol. The highest BCUT2D eigenvalue weighted by atomic mass is 14.9. The minimum absolute atomic E-state index is 0.275. The number of hydrogen-bond donors (Lipinski definition) is 1. The van der Waals surface area contributed by atoms with Crippen LogP contribution in [0.25, 0.3) is 0 Å². The maximum atomic E-state index is 4.15. The molecule has 0 aromatic carbocycles. The van der Waals surface area contributed by atoms with Gasteiger partial charge in [0.05, 0.1) is 0 Å². The lowest BCUT2D eigenvalue weighted by atomic mass is 9.73. The number of hydrogen-bond acceptors (Lipinski definition) is 2. The fourth-order valence-electron chi connectivity index (χ4n) is 2.75. The van der Waals surface area contributed by atoms with Crippen molar-refractivity contribution in [3.63, 3.8) is 0 Å². The van der Waals surface area contributed by atoms with Crippen molar-refractivity contribution in [3.8, 4) is 0 Å². The third-order valence-electron chi connectivity index (χ3n) is 3.60. The van der Waals surface area contributed by atoms with Crippen LogP contribution in [0.5, 0.6) is 0 Å². The van der Waals surface area contributed by atoms with Crippen molar-refractivity contribution < 1.29 is 0 Å². The van der Waals surface area contributed by atoms with E-state index in [-0.39, 0.29) is 5.41 Å². The Labute approximate surface area is 112 Å². The Balaban J connectivity index is 2.96. The van der Waals surface area contributed by atoms with Crippen molar-refractivity contribution >= 4 is 0 Å². The van der Waals surface area contributed by atoms with Crippen LogP contribution in [0.15, 0.2) is 24.5 Å². The summed E-state index contributed by atoms with van der Waals surface area (Å²) in [6.45, 7) is 10.1. The smallest absolute Gasteiger partial charge is 0.0270 e.